The second kappa shape index (κ2) is 9.52. The van der Waals surface area contributed by atoms with E-state index in [1.807, 2.05) is 0 Å². The summed E-state index contributed by atoms with van der Waals surface area (Å²) in [7, 11) is 0. The fourth-order valence-electron chi connectivity index (χ4n) is 4.18. The van der Waals surface area contributed by atoms with Gasteiger partial charge in [-0.2, -0.15) is 0 Å². The second-order valence-electron chi connectivity index (χ2n) is 8.19. The van der Waals surface area contributed by atoms with Crippen molar-refractivity contribution in [2.24, 2.45) is 0 Å². The van der Waals surface area contributed by atoms with E-state index in [4.69, 9.17) is 14.3 Å². The van der Waals surface area contributed by atoms with Gasteiger partial charge in [-0.3, -0.25) is 24.6 Å². The van der Waals surface area contributed by atoms with Crippen molar-refractivity contribution in [3.8, 4) is 0 Å². The molecule has 8 nitrogen and oxygen atoms in total. The first-order chi connectivity index (χ1) is 19.3. The molecule has 34 heavy (non-hydrogen) atoms. The summed E-state index contributed by atoms with van der Waals surface area (Å²) in [5, 5.41) is 4.64. The summed E-state index contributed by atoms with van der Waals surface area (Å²) >= 11 is 0. The Morgan fingerprint density at radius 2 is 2.06 bits per heavy atom. The maximum atomic E-state index is 15.0. The van der Waals surface area contributed by atoms with Gasteiger partial charge in [0.15, 0.2) is 0 Å². The lowest BCUT2D eigenvalue weighted by Gasteiger charge is -2.29. The summed E-state index contributed by atoms with van der Waals surface area (Å²) in [5.41, 5.74) is 0.606. The van der Waals surface area contributed by atoms with Gasteiger partial charge in [0, 0.05) is 67.0 Å². The SMILES string of the molecule is [2H]c1c([2H])c(NCc2ccc(CN3CCOCC3)cc2F)c2c(c1[2H])C(=O)N(C1C(=O)NC(=O)C([2H])([2H])C1([2H])[2H])C2. The van der Waals surface area contributed by atoms with Crippen molar-refractivity contribution in [1.82, 2.24) is 15.1 Å². The summed E-state index contributed by atoms with van der Waals surface area (Å²) in [5.74, 6) is -4.23. The van der Waals surface area contributed by atoms with Crippen LogP contribution in [0.15, 0.2) is 36.3 Å². The molecule has 2 aromatic rings. The first-order valence-corrected chi connectivity index (χ1v) is 10.9. The zero-order chi connectivity index (χ0) is 29.9. The Bertz CT molecular complexity index is 1450. The van der Waals surface area contributed by atoms with Gasteiger partial charge in [-0.1, -0.05) is 18.2 Å². The number of ether oxygens (including phenoxy) is 1. The second-order valence-corrected chi connectivity index (χ2v) is 8.19. The number of morpholine rings is 1. The highest BCUT2D eigenvalue weighted by Gasteiger charge is 2.39. The Hall–Kier alpha value is -3.30. The summed E-state index contributed by atoms with van der Waals surface area (Å²) in [6.45, 7) is 2.61. The number of piperidine rings is 1. The number of halogens is 1. The molecule has 3 amide bonds. The Labute approximate surface area is 206 Å². The molecule has 2 N–H and O–H groups in total. The van der Waals surface area contributed by atoms with E-state index >= 15 is 4.39 Å². The molecule has 0 radical (unpaired) electrons. The number of nitrogens with one attached hydrogen (secondary N) is 2. The van der Waals surface area contributed by atoms with Crippen molar-refractivity contribution in [1.29, 1.82) is 0 Å². The molecule has 1 atom stereocenters. The predicted octanol–water partition coefficient (Wildman–Crippen LogP) is 2.03. The van der Waals surface area contributed by atoms with Gasteiger partial charge in [0.05, 0.1) is 17.3 Å². The van der Waals surface area contributed by atoms with E-state index in [0.717, 1.165) is 18.7 Å². The number of carbonyl (C=O) groups is 3. The van der Waals surface area contributed by atoms with Crippen molar-refractivity contribution in [2.75, 3.05) is 31.6 Å². The molecule has 5 rings (SSSR count). The van der Waals surface area contributed by atoms with Crippen LogP contribution in [0.1, 0.15) is 49.4 Å². The van der Waals surface area contributed by atoms with Gasteiger partial charge in [0.25, 0.3) is 5.91 Å². The lowest BCUT2D eigenvalue weighted by Crippen LogP contribution is -2.52. The Morgan fingerprint density at radius 3 is 2.85 bits per heavy atom. The minimum absolute atomic E-state index is 0.0198. The van der Waals surface area contributed by atoms with Crippen LogP contribution in [-0.4, -0.2) is 59.9 Å². The number of benzene rings is 2. The molecule has 2 aromatic carbocycles. The first kappa shape index (κ1) is 15.6. The maximum Gasteiger partial charge on any atom is 0.255 e. The highest BCUT2D eigenvalue weighted by atomic mass is 19.1. The van der Waals surface area contributed by atoms with Crippen LogP contribution in [0.5, 0.6) is 0 Å². The van der Waals surface area contributed by atoms with Gasteiger partial charge in [0.1, 0.15) is 11.9 Å². The maximum absolute atomic E-state index is 15.0. The third kappa shape index (κ3) is 4.53. The van der Waals surface area contributed by atoms with E-state index in [-0.39, 0.29) is 28.9 Å². The molecule has 0 aliphatic carbocycles. The van der Waals surface area contributed by atoms with E-state index in [0.29, 0.717) is 24.7 Å². The summed E-state index contributed by atoms with van der Waals surface area (Å²) in [4.78, 5) is 40.9. The zero-order valence-electron chi connectivity index (χ0n) is 25.2. The van der Waals surface area contributed by atoms with Gasteiger partial charge >= 0.3 is 0 Å². The predicted molar refractivity (Wildman–Crippen MR) is 122 cm³/mol. The third-order valence-corrected chi connectivity index (χ3v) is 5.98. The number of hydrogen-bond acceptors (Lipinski definition) is 6. The number of hydrogen-bond donors (Lipinski definition) is 2. The van der Waals surface area contributed by atoms with Crippen LogP contribution in [0, 0.1) is 5.82 Å². The molecular weight excluding hydrogens is 439 g/mol. The largest absolute Gasteiger partial charge is 0.381 e. The number of carbonyl (C=O) groups excluding carboxylic acids is 3. The minimum Gasteiger partial charge on any atom is -0.381 e. The van der Waals surface area contributed by atoms with E-state index in [1.54, 1.807) is 17.4 Å². The average molecular weight is 474 g/mol. The van der Waals surface area contributed by atoms with Gasteiger partial charge < -0.3 is 15.0 Å². The third-order valence-electron chi connectivity index (χ3n) is 5.98. The molecule has 1 unspecified atom stereocenters. The molecule has 3 aliphatic heterocycles. The lowest BCUT2D eigenvalue weighted by molar-refractivity contribution is -0.136. The topological polar surface area (TPSA) is 91.0 Å². The Morgan fingerprint density at radius 1 is 1.24 bits per heavy atom. The quantitative estimate of drug-likeness (QED) is 0.624. The average Bonchev–Trinajstić information content (AvgIpc) is 3.24. The lowest BCUT2D eigenvalue weighted by atomic mass is 10.0. The highest BCUT2D eigenvalue weighted by Crippen LogP contribution is 2.32. The van der Waals surface area contributed by atoms with Crippen molar-refractivity contribution in [3.63, 3.8) is 0 Å². The van der Waals surface area contributed by atoms with Gasteiger partial charge in [-0.25, -0.2) is 4.39 Å². The Kier molecular flexibility index (Phi) is 4.36. The molecule has 2 saturated heterocycles. The monoisotopic (exact) mass is 473 g/mol. The fourth-order valence-corrected chi connectivity index (χ4v) is 4.18. The molecule has 3 aliphatic rings. The summed E-state index contributed by atoms with van der Waals surface area (Å²) in [6, 6.07) is 1.03. The highest BCUT2D eigenvalue weighted by molar-refractivity contribution is 6.06. The van der Waals surface area contributed by atoms with Crippen molar-refractivity contribution >= 4 is 23.4 Å². The minimum atomic E-state index is -3.15. The molecule has 9 heteroatoms. The Balaban J connectivity index is 1.42. The van der Waals surface area contributed by atoms with E-state index in [1.165, 1.54) is 6.07 Å². The van der Waals surface area contributed by atoms with Crippen molar-refractivity contribution in [2.45, 2.75) is 38.4 Å². The van der Waals surface area contributed by atoms with E-state index < -0.39 is 67.0 Å². The first-order valence-electron chi connectivity index (χ1n) is 14.4. The van der Waals surface area contributed by atoms with Crippen LogP contribution in [0.4, 0.5) is 10.1 Å². The van der Waals surface area contributed by atoms with Gasteiger partial charge in [0.2, 0.25) is 11.8 Å². The summed E-state index contributed by atoms with van der Waals surface area (Å²) < 4.78 is 77.6. The van der Waals surface area contributed by atoms with Gasteiger partial charge in [-0.05, 0) is 30.1 Å². The molecular formula is C25H27FN4O4. The van der Waals surface area contributed by atoms with Crippen LogP contribution < -0.4 is 10.6 Å². The number of imide groups is 1. The van der Waals surface area contributed by atoms with E-state index in [2.05, 4.69) is 10.2 Å². The number of anilines is 1. The molecule has 0 aromatic heterocycles. The summed E-state index contributed by atoms with van der Waals surface area (Å²) in [6.07, 6.45) is -6.28. The van der Waals surface area contributed by atoms with Crippen LogP contribution in [-0.2, 0) is 34.0 Å². The van der Waals surface area contributed by atoms with Gasteiger partial charge in [-0.15, -0.1) is 0 Å². The molecule has 0 spiro atoms. The number of rotatable bonds is 6. The molecule has 178 valence electrons. The number of amides is 3. The van der Waals surface area contributed by atoms with Crippen molar-refractivity contribution < 1.29 is 33.1 Å². The van der Waals surface area contributed by atoms with E-state index in [9.17, 15) is 14.4 Å². The molecule has 0 saturated carbocycles. The van der Waals surface area contributed by atoms with Crippen LogP contribution in [0.2, 0.25) is 0 Å². The fraction of sp³-hybridized carbons (Fsp3) is 0.400. The van der Waals surface area contributed by atoms with Crippen LogP contribution >= 0.6 is 0 Å². The van der Waals surface area contributed by atoms with Crippen LogP contribution in [0.25, 0.3) is 0 Å². The molecule has 2 fully saturated rings. The number of nitrogens with zero attached hydrogens (tertiary/aromatic N) is 2. The smallest absolute Gasteiger partial charge is 0.255 e. The number of fused-ring (bicyclic) bond motifs is 1. The normalized spacial score (nSPS) is 26.9. The van der Waals surface area contributed by atoms with Crippen molar-refractivity contribution in [3.05, 3.63) is 64.4 Å². The standard InChI is InChI=1S/C25H27FN4O4/c26-20-12-16(14-29-8-10-34-11-9-29)4-5-17(20)13-27-21-3-1-2-18-19(21)15-30(25(18)33)22-6-7-23(31)28-24(22)32/h1-5,12,22,27H,6-11,13-15H2,(H,28,31,32)/i1D,2D,3D,6D2,7D2. The molecule has 3 heterocycles. The molecule has 0 bridgehead atoms. The van der Waals surface area contributed by atoms with Crippen LogP contribution in [0.3, 0.4) is 0 Å². The zero-order valence-corrected chi connectivity index (χ0v) is 18.2.